The second-order valence-corrected chi connectivity index (χ2v) is 7.09. The van der Waals surface area contributed by atoms with Crippen LogP contribution >= 0.6 is 0 Å². The number of amides is 2. The first-order valence-corrected chi connectivity index (χ1v) is 9.50. The molecule has 0 bridgehead atoms. The van der Waals surface area contributed by atoms with Crippen LogP contribution < -0.4 is 5.32 Å². The highest BCUT2D eigenvalue weighted by Gasteiger charge is 2.34. The Morgan fingerprint density at radius 2 is 1.67 bits per heavy atom. The number of aryl methyl sites for hydroxylation is 2. The minimum atomic E-state index is -0.704. The maximum absolute atomic E-state index is 12.4. The summed E-state index contributed by atoms with van der Waals surface area (Å²) < 4.78 is 11.4. The van der Waals surface area contributed by atoms with E-state index in [2.05, 4.69) is 10.4 Å². The predicted molar refractivity (Wildman–Crippen MR) is 112 cm³/mol. The van der Waals surface area contributed by atoms with Crippen molar-refractivity contribution in [1.82, 2.24) is 5.01 Å². The lowest BCUT2D eigenvalue weighted by molar-refractivity contribution is -0.135. The van der Waals surface area contributed by atoms with Crippen LogP contribution in [-0.2, 0) is 9.53 Å². The van der Waals surface area contributed by atoms with Crippen molar-refractivity contribution in [2.75, 3.05) is 5.32 Å². The Bertz CT molecular complexity index is 1110. The summed E-state index contributed by atoms with van der Waals surface area (Å²) in [6.07, 6.45) is -0.704. The maximum Gasteiger partial charge on any atom is 0.277 e. The van der Waals surface area contributed by atoms with Crippen LogP contribution in [0.5, 0.6) is 0 Å². The average Bonchev–Trinajstić information content (AvgIpc) is 3.35. The summed E-state index contributed by atoms with van der Waals surface area (Å²) in [5, 5.41) is 8.40. The van der Waals surface area contributed by atoms with E-state index >= 15 is 0 Å². The van der Waals surface area contributed by atoms with Gasteiger partial charge in [-0.15, -0.1) is 5.10 Å². The molecule has 1 N–H and O–H groups in total. The standard InChI is InChI=1S/C23H21N3O4/c1-14-4-7-17(8-5-14)21(28)24-19-11-9-18(10-12-19)23-26(16(3)27)25-22(30-23)20-13-6-15(2)29-20/h4-13,23H,1-3H3,(H,24,28)/t23-/m0/s1. The zero-order chi connectivity index (χ0) is 21.3. The Balaban J connectivity index is 1.49. The van der Waals surface area contributed by atoms with Crippen LogP contribution in [0.15, 0.2) is 70.2 Å². The Hall–Kier alpha value is -3.87. The number of nitrogens with one attached hydrogen (secondary N) is 1. The van der Waals surface area contributed by atoms with E-state index in [1.165, 1.54) is 11.9 Å². The summed E-state index contributed by atoms with van der Waals surface area (Å²) in [5.74, 6) is 0.991. The van der Waals surface area contributed by atoms with Gasteiger partial charge in [-0.25, -0.2) is 0 Å². The Labute approximate surface area is 174 Å². The third-order valence-electron chi connectivity index (χ3n) is 4.69. The summed E-state index contributed by atoms with van der Waals surface area (Å²) in [5.41, 5.74) is 3.03. The Morgan fingerprint density at radius 3 is 2.27 bits per heavy atom. The topological polar surface area (TPSA) is 84.1 Å². The van der Waals surface area contributed by atoms with Gasteiger partial charge in [0.2, 0.25) is 12.1 Å². The van der Waals surface area contributed by atoms with Crippen LogP contribution in [0.4, 0.5) is 5.69 Å². The quantitative estimate of drug-likeness (QED) is 0.700. The third-order valence-corrected chi connectivity index (χ3v) is 4.69. The number of hydrogen-bond acceptors (Lipinski definition) is 5. The maximum atomic E-state index is 12.4. The van der Waals surface area contributed by atoms with E-state index in [-0.39, 0.29) is 17.7 Å². The lowest BCUT2D eigenvalue weighted by Crippen LogP contribution is -2.25. The number of furan rings is 1. The second-order valence-electron chi connectivity index (χ2n) is 7.09. The van der Waals surface area contributed by atoms with Gasteiger partial charge in [-0.1, -0.05) is 29.8 Å². The van der Waals surface area contributed by atoms with Crippen molar-refractivity contribution in [3.63, 3.8) is 0 Å². The molecule has 0 spiro atoms. The molecule has 30 heavy (non-hydrogen) atoms. The molecular weight excluding hydrogens is 382 g/mol. The number of hydrazone groups is 1. The Kier molecular flexibility index (Phi) is 5.10. The van der Waals surface area contributed by atoms with Crippen LogP contribution in [0.1, 0.15) is 46.2 Å². The zero-order valence-electron chi connectivity index (χ0n) is 16.9. The molecule has 2 heterocycles. The van der Waals surface area contributed by atoms with Crippen molar-refractivity contribution in [1.29, 1.82) is 0 Å². The van der Waals surface area contributed by atoms with Crippen LogP contribution in [0.3, 0.4) is 0 Å². The van der Waals surface area contributed by atoms with E-state index in [9.17, 15) is 9.59 Å². The molecule has 1 aliphatic rings. The Morgan fingerprint density at radius 1 is 0.967 bits per heavy atom. The number of nitrogens with zero attached hydrogens (tertiary/aromatic N) is 2. The highest BCUT2D eigenvalue weighted by atomic mass is 16.5. The van der Waals surface area contributed by atoms with Gasteiger partial charge in [0.15, 0.2) is 5.76 Å². The second kappa shape index (κ2) is 7.87. The van der Waals surface area contributed by atoms with Gasteiger partial charge in [-0.3, -0.25) is 9.59 Å². The summed E-state index contributed by atoms with van der Waals surface area (Å²) in [4.78, 5) is 24.4. The first kappa shape index (κ1) is 19.4. The smallest absolute Gasteiger partial charge is 0.277 e. The van der Waals surface area contributed by atoms with Gasteiger partial charge in [0.05, 0.1) is 0 Å². The van der Waals surface area contributed by atoms with Crippen molar-refractivity contribution < 1.29 is 18.7 Å². The number of anilines is 1. The van der Waals surface area contributed by atoms with Gasteiger partial charge in [-0.2, -0.15) is 5.01 Å². The van der Waals surface area contributed by atoms with Gasteiger partial charge in [0, 0.05) is 23.7 Å². The first-order chi connectivity index (χ1) is 14.4. The minimum Gasteiger partial charge on any atom is -0.456 e. The number of carbonyl (C=O) groups excluding carboxylic acids is 2. The van der Waals surface area contributed by atoms with Gasteiger partial charge in [-0.05, 0) is 50.2 Å². The molecule has 4 rings (SSSR count). The number of carbonyl (C=O) groups is 2. The van der Waals surface area contributed by atoms with Crippen LogP contribution in [-0.4, -0.2) is 22.7 Å². The van der Waals surface area contributed by atoms with Crippen molar-refractivity contribution in [3.8, 4) is 0 Å². The van der Waals surface area contributed by atoms with Gasteiger partial charge in [0.1, 0.15) is 5.76 Å². The fourth-order valence-electron chi connectivity index (χ4n) is 3.07. The van der Waals surface area contributed by atoms with Crippen LogP contribution in [0, 0.1) is 13.8 Å². The number of benzene rings is 2. The van der Waals surface area contributed by atoms with E-state index in [0.29, 0.717) is 17.0 Å². The third kappa shape index (κ3) is 3.96. The number of ether oxygens (including phenoxy) is 1. The molecule has 0 saturated heterocycles. The van der Waals surface area contributed by atoms with E-state index in [4.69, 9.17) is 9.15 Å². The molecule has 7 heteroatoms. The minimum absolute atomic E-state index is 0.191. The molecule has 1 aromatic heterocycles. The van der Waals surface area contributed by atoms with E-state index in [0.717, 1.165) is 16.9 Å². The molecule has 0 saturated carbocycles. The average molecular weight is 403 g/mol. The molecule has 2 aromatic carbocycles. The van der Waals surface area contributed by atoms with Crippen molar-refractivity contribution in [2.45, 2.75) is 27.0 Å². The van der Waals surface area contributed by atoms with Crippen molar-refractivity contribution >= 4 is 23.4 Å². The van der Waals surface area contributed by atoms with Crippen molar-refractivity contribution in [2.24, 2.45) is 5.10 Å². The monoisotopic (exact) mass is 403 g/mol. The summed E-state index contributed by atoms with van der Waals surface area (Å²) in [7, 11) is 0. The predicted octanol–water partition coefficient (Wildman–Crippen LogP) is 4.39. The lowest BCUT2D eigenvalue weighted by atomic mass is 10.1. The van der Waals surface area contributed by atoms with Gasteiger partial charge in [0.25, 0.3) is 11.8 Å². The molecule has 2 amide bonds. The molecule has 0 radical (unpaired) electrons. The fourth-order valence-corrected chi connectivity index (χ4v) is 3.07. The van der Waals surface area contributed by atoms with Gasteiger partial charge < -0.3 is 14.5 Å². The SMILES string of the molecule is CC(=O)N1N=C(c2ccc(C)o2)O[C@H]1c1ccc(NC(=O)c2ccc(C)cc2)cc1. The lowest BCUT2D eigenvalue weighted by Gasteiger charge is -2.19. The van der Waals surface area contributed by atoms with Crippen LogP contribution in [0.2, 0.25) is 0 Å². The molecule has 3 aromatic rings. The molecular formula is C23H21N3O4. The summed E-state index contributed by atoms with van der Waals surface area (Å²) in [6, 6.07) is 18.0. The van der Waals surface area contributed by atoms with Crippen molar-refractivity contribution in [3.05, 3.63) is 88.9 Å². The normalized spacial score (nSPS) is 15.5. The molecule has 1 atom stereocenters. The molecule has 0 unspecified atom stereocenters. The molecule has 0 aliphatic carbocycles. The number of hydrogen-bond donors (Lipinski definition) is 1. The highest BCUT2D eigenvalue weighted by Crippen LogP contribution is 2.31. The van der Waals surface area contributed by atoms with E-state index < -0.39 is 6.23 Å². The molecule has 152 valence electrons. The number of rotatable bonds is 4. The molecule has 1 aliphatic heterocycles. The molecule has 0 fully saturated rings. The molecule has 7 nitrogen and oxygen atoms in total. The summed E-state index contributed by atoms with van der Waals surface area (Å²) >= 11 is 0. The van der Waals surface area contributed by atoms with E-state index in [1.54, 1.807) is 48.5 Å². The fraction of sp³-hybridized carbons (Fsp3) is 0.174. The summed E-state index contributed by atoms with van der Waals surface area (Å²) in [6.45, 7) is 5.22. The highest BCUT2D eigenvalue weighted by molar-refractivity contribution is 6.04. The van der Waals surface area contributed by atoms with E-state index in [1.807, 2.05) is 26.0 Å². The first-order valence-electron chi connectivity index (χ1n) is 9.50. The van der Waals surface area contributed by atoms with Gasteiger partial charge >= 0.3 is 0 Å². The largest absolute Gasteiger partial charge is 0.456 e. The zero-order valence-corrected chi connectivity index (χ0v) is 16.9. The van der Waals surface area contributed by atoms with Crippen LogP contribution in [0.25, 0.3) is 0 Å².